The van der Waals surface area contributed by atoms with Crippen molar-refractivity contribution in [2.24, 2.45) is 5.41 Å². The third-order valence-corrected chi connectivity index (χ3v) is 4.08. The predicted octanol–water partition coefficient (Wildman–Crippen LogP) is 2.80. The smallest absolute Gasteiger partial charge is 0.186 e. The van der Waals surface area contributed by atoms with Gasteiger partial charge in [-0.2, -0.15) is 0 Å². The first kappa shape index (κ1) is 14.2. The van der Waals surface area contributed by atoms with Gasteiger partial charge < -0.3 is 10.1 Å². The molecule has 1 aliphatic carbocycles. The maximum Gasteiger partial charge on any atom is 0.186 e. The Labute approximate surface area is 113 Å². The molecule has 1 heterocycles. The van der Waals surface area contributed by atoms with Gasteiger partial charge in [0.15, 0.2) is 11.6 Å². The van der Waals surface area contributed by atoms with Gasteiger partial charge in [0, 0.05) is 20.3 Å². The summed E-state index contributed by atoms with van der Waals surface area (Å²) < 4.78 is 19.2. The molecule has 2 rings (SSSR count). The van der Waals surface area contributed by atoms with E-state index in [1.807, 2.05) is 6.92 Å². The van der Waals surface area contributed by atoms with Crippen LogP contribution in [-0.2, 0) is 11.2 Å². The third-order valence-electron chi connectivity index (χ3n) is 4.08. The first-order chi connectivity index (χ1) is 9.21. The van der Waals surface area contributed by atoms with Crippen LogP contribution in [0.25, 0.3) is 0 Å². The molecule has 0 saturated heterocycles. The van der Waals surface area contributed by atoms with Gasteiger partial charge in [-0.1, -0.05) is 13.3 Å². The van der Waals surface area contributed by atoms with Crippen molar-refractivity contribution in [3.8, 4) is 0 Å². The van der Waals surface area contributed by atoms with Gasteiger partial charge in [-0.05, 0) is 31.1 Å². The van der Waals surface area contributed by atoms with E-state index >= 15 is 0 Å². The molecular weight excluding hydrogens is 245 g/mol. The van der Waals surface area contributed by atoms with Crippen LogP contribution >= 0.6 is 0 Å². The lowest BCUT2D eigenvalue weighted by Gasteiger charge is -2.42. The van der Waals surface area contributed by atoms with E-state index in [1.54, 1.807) is 7.11 Å². The number of hydrogen-bond acceptors (Lipinski definition) is 4. The Morgan fingerprint density at radius 3 is 2.79 bits per heavy atom. The number of aryl methyl sites for hydroxylation is 1. The van der Waals surface area contributed by atoms with Crippen LogP contribution in [0.1, 0.15) is 38.3 Å². The molecule has 5 heteroatoms. The van der Waals surface area contributed by atoms with Gasteiger partial charge in [0.1, 0.15) is 6.33 Å². The number of methoxy groups -OCH3 is 1. The summed E-state index contributed by atoms with van der Waals surface area (Å²) in [5.74, 6) is 0.0155. The molecule has 0 aliphatic heterocycles. The van der Waals surface area contributed by atoms with Crippen molar-refractivity contribution in [2.45, 2.75) is 39.0 Å². The van der Waals surface area contributed by atoms with Gasteiger partial charge in [-0.15, -0.1) is 0 Å². The average Bonchev–Trinajstić information content (AvgIpc) is 2.39. The highest BCUT2D eigenvalue weighted by atomic mass is 19.1. The fourth-order valence-electron chi connectivity index (χ4n) is 2.56. The maximum atomic E-state index is 14.0. The minimum absolute atomic E-state index is 0.250. The monoisotopic (exact) mass is 267 g/mol. The molecule has 19 heavy (non-hydrogen) atoms. The highest BCUT2D eigenvalue weighted by molar-refractivity contribution is 5.37. The third kappa shape index (κ3) is 3.21. The maximum absolute atomic E-state index is 14.0. The standard InChI is InChI=1S/C14H22FN3O/c1-3-11-12(15)13(18-10-17-11)16-9-14(5-4-6-14)7-8-19-2/h10H,3-9H2,1-2H3,(H,16,17,18). The second-order valence-corrected chi connectivity index (χ2v) is 5.29. The van der Waals surface area contributed by atoms with Crippen LogP contribution in [0.3, 0.4) is 0 Å². The van der Waals surface area contributed by atoms with E-state index in [4.69, 9.17) is 4.74 Å². The van der Waals surface area contributed by atoms with Crippen LogP contribution in [-0.4, -0.2) is 30.2 Å². The molecule has 0 bridgehead atoms. The van der Waals surface area contributed by atoms with Crippen molar-refractivity contribution in [3.63, 3.8) is 0 Å². The molecule has 1 saturated carbocycles. The summed E-state index contributed by atoms with van der Waals surface area (Å²) in [5.41, 5.74) is 0.719. The van der Waals surface area contributed by atoms with E-state index in [2.05, 4.69) is 15.3 Å². The summed E-state index contributed by atoms with van der Waals surface area (Å²) in [5, 5.41) is 3.16. The van der Waals surface area contributed by atoms with Gasteiger partial charge in [-0.3, -0.25) is 0 Å². The Morgan fingerprint density at radius 2 is 2.21 bits per heavy atom. The molecule has 0 spiro atoms. The molecule has 1 aromatic rings. The molecule has 0 atom stereocenters. The Balaban J connectivity index is 1.97. The predicted molar refractivity (Wildman–Crippen MR) is 72.6 cm³/mol. The van der Waals surface area contributed by atoms with Crippen LogP contribution in [0.2, 0.25) is 0 Å². The summed E-state index contributed by atoms with van der Waals surface area (Å²) in [6.45, 7) is 3.41. The highest BCUT2D eigenvalue weighted by Crippen LogP contribution is 2.43. The second-order valence-electron chi connectivity index (χ2n) is 5.29. The fraction of sp³-hybridized carbons (Fsp3) is 0.714. The van der Waals surface area contributed by atoms with E-state index < -0.39 is 0 Å². The van der Waals surface area contributed by atoms with E-state index in [0.29, 0.717) is 17.9 Å². The van der Waals surface area contributed by atoms with E-state index in [-0.39, 0.29) is 11.2 Å². The number of nitrogens with zero attached hydrogens (tertiary/aromatic N) is 2. The van der Waals surface area contributed by atoms with Gasteiger partial charge in [0.25, 0.3) is 0 Å². The van der Waals surface area contributed by atoms with Gasteiger partial charge in [-0.25, -0.2) is 14.4 Å². The summed E-state index contributed by atoms with van der Waals surface area (Å²) in [6.07, 6.45) is 6.62. The number of aromatic nitrogens is 2. The van der Waals surface area contributed by atoms with Gasteiger partial charge >= 0.3 is 0 Å². The fourth-order valence-corrected chi connectivity index (χ4v) is 2.56. The normalized spacial score (nSPS) is 17.0. The number of halogens is 1. The lowest BCUT2D eigenvalue weighted by molar-refractivity contribution is 0.0811. The summed E-state index contributed by atoms with van der Waals surface area (Å²) in [6, 6.07) is 0. The van der Waals surface area contributed by atoms with Crippen LogP contribution in [0.4, 0.5) is 10.2 Å². The molecule has 1 fully saturated rings. The second kappa shape index (κ2) is 6.28. The van der Waals surface area contributed by atoms with Crippen molar-refractivity contribution < 1.29 is 9.13 Å². The van der Waals surface area contributed by atoms with Crippen molar-refractivity contribution in [1.82, 2.24) is 9.97 Å². The molecular formula is C14H22FN3O. The van der Waals surface area contributed by atoms with Crippen molar-refractivity contribution in [3.05, 3.63) is 17.8 Å². The largest absolute Gasteiger partial charge is 0.385 e. The van der Waals surface area contributed by atoms with Crippen LogP contribution < -0.4 is 5.32 Å². The van der Waals surface area contributed by atoms with Crippen molar-refractivity contribution in [1.29, 1.82) is 0 Å². The minimum atomic E-state index is -0.314. The van der Waals surface area contributed by atoms with E-state index in [1.165, 1.54) is 25.6 Å². The first-order valence-corrected chi connectivity index (χ1v) is 6.93. The van der Waals surface area contributed by atoms with Crippen molar-refractivity contribution in [2.75, 3.05) is 25.6 Å². The summed E-state index contributed by atoms with van der Waals surface area (Å²) in [7, 11) is 1.72. The van der Waals surface area contributed by atoms with Gasteiger partial charge in [0.2, 0.25) is 0 Å². The number of anilines is 1. The number of hydrogen-bond donors (Lipinski definition) is 1. The first-order valence-electron chi connectivity index (χ1n) is 6.93. The minimum Gasteiger partial charge on any atom is -0.385 e. The summed E-state index contributed by atoms with van der Waals surface area (Å²) >= 11 is 0. The molecule has 0 unspecified atom stereocenters. The quantitative estimate of drug-likeness (QED) is 0.825. The zero-order valence-corrected chi connectivity index (χ0v) is 11.7. The molecule has 1 N–H and O–H groups in total. The molecule has 4 nitrogen and oxygen atoms in total. The molecule has 0 aromatic carbocycles. The average molecular weight is 267 g/mol. The van der Waals surface area contributed by atoms with Crippen molar-refractivity contribution >= 4 is 5.82 Å². The molecule has 1 aromatic heterocycles. The Hall–Kier alpha value is -1.23. The van der Waals surface area contributed by atoms with E-state index in [0.717, 1.165) is 19.6 Å². The zero-order chi connectivity index (χ0) is 13.7. The van der Waals surface area contributed by atoms with Crippen LogP contribution in [0, 0.1) is 11.2 Å². The highest BCUT2D eigenvalue weighted by Gasteiger charge is 2.36. The molecule has 1 aliphatic rings. The Morgan fingerprint density at radius 1 is 1.42 bits per heavy atom. The topological polar surface area (TPSA) is 47.0 Å². The number of ether oxygens (including phenoxy) is 1. The Bertz CT molecular complexity index is 421. The van der Waals surface area contributed by atoms with Gasteiger partial charge in [0.05, 0.1) is 5.69 Å². The van der Waals surface area contributed by atoms with E-state index in [9.17, 15) is 4.39 Å². The molecule has 106 valence electrons. The lowest BCUT2D eigenvalue weighted by Crippen LogP contribution is -2.38. The lowest BCUT2D eigenvalue weighted by atomic mass is 9.67. The SMILES string of the molecule is CCc1ncnc(NCC2(CCOC)CCC2)c1F. The number of nitrogens with one attached hydrogen (secondary N) is 1. The molecule has 0 radical (unpaired) electrons. The zero-order valence-electron chi connectivity index (χ0n) is 11.7. The summed E-state index contributed by atoms with van der Waals surface area (Å²) in [4.78, 5) is 7.94. The molecule has 0 amide bonds. The number of rotatable bonds is 7. The van der Waals surface area contributed by atoms with Crippen LogP contribution in [0.15, 0.2) is 6.33 Å². The Kier molecular flexibility index (Phi) is 4.69. The van der Waals surface area contributed by atoms with Crippen LogP contribution in [0.5, 0.6) is 0 Å².